The lowest BCUT2D eigenvalue weighted by Gasteiger charge is -2.22. The summed E-state index contributed by atoms with van der Waals surface area (Å²) in [7, 11) is 1.56. The molecule has 0 saturated heterocycles. The molecule has 9 heteroatoms. The standard InChI is InChI=1S/C15H17N5O4/c1-3-6-24-12-5-4-9(7-13(12)23-2)11-8-10(14(21)22)16-15-17-18-19-20(11)15/h4-5,7-8,11H,3,6H2,1-2H3,(H,21,22)(H,16,17,19). The minimum absolute atomic E-state index is 0.0209. The largest absolute Gasteiger partial charge is 0.493 e. The maximum Gasteiger partial charge on any atom is 0.352 e. The highest BCUT2D eigenvalue weighted by Crippen LogP contribution is 2.34. The summed E-state index contributed by atoms with van der Waals surface area (Å²) in [6, 6.07) is 4.97. The number of methoxy groups -OCH3 is 1. The quantitative estimate of drug-likeness (QED) is 0.818. The normalized spacial score (nSPS) is 15.9. The molecular formula is C15H17N5O4. The number of tetrazole rings is 1. The van der Waals surface area contributed by atoms with Crippen LogP contribution >= 0.6 is 0 Å². The molecule has 0 spiro atoms. The Kier molecular flexibility index (Phi) is 4.32. The number of allylic oxidation sites excluding steroid dienone is 1. The van der Waals surface area contributed by atoms with E-state index in [4.69, 9.17) is 9.47 Å². The smallest absolute Gasteiger partial charge is 0.352 e. The predicted molar refractivity (Wildman–Crippen MR) is 84.1 cm³/mol. The number of anilines is 1. The van der Waals surface area contributed by atoms with Gasteiger partial charge in [-0.15, -0.1) is 0 Å². The molecule has 3 rings (SSSR count). The second kappa shape index (κ2) is 6.57. The number of benzene rings is 1. The molecule has 1 aromatic carbocycles. The summed E-state index contributed by atoms with van der Waals surface area (Å²) in [6.07, 6.45) is 2.44. The Morgan fingerprint density at radius 2 is 2.25 bits per heavy atom. The van der Waals surface area contributed by atoms with Crippen LogP contribution in [0, 0.1) is 0 Å². The van der Waals surface area contributed by atoms with E-state index in [0.717, 1.165) is 12.0 Å². The number of fused-ring (bicyclic) bond motifs is 1. The first kappa shape index (κ1) is 15.8. The van der Waals surface area contributed by atoms with E-state index in [9.17, 15) is 9.90 Å². The molecule has 2 N–H and O–H groups in total. The van der Waals surface area contributed by atoms with Crippen molar-refractivity contribution in [2.75, 3.05) is 19.0 Å². The fourth-order valence-electron chi connectivity index (χ4n) is 2.42. The molecule has 0 bridgehead atoms. The summed E-state index contributed by atoms with van der Waals surface area (Å²) in [4.78, 5) is 11.3. The number of nitrogens with one attached hydrogen (secondary N) is 1. The van der Waals surface area contributed by atoms with Gasteiger partial charge in [-0.1, -0.05) is 18.1 Å². The Bertz CT molecular complexity index is 786. The summed E-state index contributed by atoms with van der Waals surface area (Å²) in [6.45, 7) is 2.61. The van der Waals surface area contributed by atoms with Gasteiger partial charge in [-0.3, -0.25) is 0 Å². The van der Waals surface area contributed by atoms with Crippen molar-refractivity contribution in [1.29, 1.82) is 0 Å². The van der Waals surface area contributed by atoms with Crippen LogP contribution in [0.5, 0.6) is 11.5 Å². The number of nitrogens with zero attached hydrogens (tertiary/aromatic N) is 4. The third-order valence-electron chi connectivity index (χ3n) is 3.55. The van der Waals surface area contributed by atoms with Gasteiger partial charge >= 0.3 is 5.97 Å². The van der Waals surface area contributed by atoms with Crippen LogP contribution in [0.1, 0.15) is 24.9 Å². The average Bonchev–Trinajstić information content (AvgIpc) is 3.07. The maximum atomic E-state index is 11.3. The maximum absolute atomic E-state index is 11.3. The molecule has 1 aromatic heterocycles. The highest BCUT2D eigenvalue weighted by molar-refractivity contribution is 5.90. The second-order valence-corrected chi connectivity index (χ2v) is 5.16. The molecule has 9 nitrogen and oxygen atoms in total. The van der Waals surface area contributed by atoms with E-state index in [1.54, 1.807) is 25.3 Å². The van der Waals surface area contributed by atoms with Gasteiger partial charge in [0, 0.05) is 0 Å². The van der Waals surface area contributed by atoms with Crippen molar-refractivity contribution in [2.24, 2.45) is 0 Å². The summed E-state index contributed by atoms with van der Waals surface area (Å²) < 4.78 is 12.5. The Morgan fingerprint density at radius 1 is 1.42 bits per heavy atom. The second-order valence-electron chi connectivity index (χ2n) is 5.16. The van der Waals surface area contributed by atoms with Gasteiger partial charge in [-0.25, -0.2) is 4.79 Å². The van der Waals surface area contributed by atoms with Crippen LogP contribution in [0.25, 0.3) is 0 Å². The Morgan fingerprint density at radius 3 is 2.96 bits per heavy atom. The van der Waals surface area contributed by atoms with Gasteiger partial charge in [0.25, 0.3) is 0 Å². The summed E-state index contributed by atoms with van der Waals surface area (Å²) in [5.74, 6) is 0.394. The molecule has 2 aromatic rings. The number of aromatic nitrogens is 4. The van der Waals surface area contributed by atoms with Crippen LogP contribution in [0.2, 0.25) is 0 Å². The SMILES string of the molecule is CCCOc1ccc(C2C=C(C(=O)O)Nc3nnnn32)cc1OC. The van der Waals surface area contributed by atoms with Crippen LogP contribution in [0.3, 0.4) is 0 Å². The molecule has 0 aliphatic carbocycles. The summed E-state index contributed by atoms with van der Waals surface area (Å²) >= 11 is 0. The number of carbonyl (C=O) groups is 1. The Balaban J connectivity index is 2.00. The summed E-state index contributed by atoms with van der Waals surface area (Å²) in [5, 5.41) is 23.2. The highest BCUT2D eigenvalue weighted by atomic mass is 16.5. The molecule has 1 aliphatic rings. The zero-order chi connectivity index (χ0) is 17.1. The van der Waals surface area contributed by atoms with Crippen molar-refractivity contribution >= 4 is 11.9 Å². The number of carboxylic acid groups (broad SMARTS) is 1. The fourth-order valence-corrected chi connectivity index (χ4v) is 2.42. The van der Waals surface area contributed by atoms with Gasteiger partial charge in [0.1, 0.15) is 11.7 Å². The predicted octanol–water partition coefficient (Wildman–Crippen LogP) is 1.45. The van der Waals surface area contributed by atoms with Crippen LogP contribution in [-0.4, -0.2) is 45.0 Å². The lowest BCUT2D eigenvalue weighted by molar-refractivity contribution is -0.132. The molecule has 1 aliphatic heterocycles. The number of hydrogen-bond donors (Lipinski definition) is 2. The minimum atomic E-state index is -1.08. The van der Waals surface area contributed by atoms with E-state index < -0.39 is 12.0 Å². The fraction of sp³-hybridized carbons (Fsp3) is 0.333. The zero-order valence-corrected chi connectivity index (χ0v) is 13.3. The first-order chi connectivity index (χ1) is 11.6. The van der Waals surface area contributed by atoms with Gasteiger partial charge < -0.3 is 19.9 Å². The molecule has 2 heterocycles. The van der Waals surface area contributed by atoms with E-state index >= 15 is 0 Å². The monoisotopic (exact) mass is 331 g/mol. The first-order valence-corrected chi connectivity index (χ1v) is 7.44. The zero-order valence-electron chi connectivity index (χ0n) is 13.3. The van der Waals surface area contributed by atoms with Crippen LogP contribution in [0.4, 0.5) is 5.95 Å². The number of aliphatic carboxylic acids is 1. The number of hydrogen-bond acceptors (Lipinski definition) is 7. The van der Waals surface area contributed by atoms with Crippen molar-refractivity contribution in [2.45, 2.75) is 19.4 Å². The van der Waals surface area contributed by atoms with Crippen molar-refractivity contribution in [3.05, 3.63) is 35.5 Å². The Hall–Kier alpha value is -3.10. The van der Waals surface area contributed by atoms with Crippen LogP contribution < -0.4 is 14.8 Å². The van der Waals surface area contributed by atoms with E-state index in [2.05, 4.69) is 20.8 Å². The molecule has 0 saturated carbocycles. The van der Waals surface area contributed by atoms with E-state index in [0.29, 0.717) is 18.1 Å². The molecule has 126 valence electrons. The third kappa shape index (κ3) is 2.87. The van der Waals surface area contributed by atoms with Gasteiger partial charge in [0.05, 0.1) is 13.7 Å². The highest BCUT2D eigenvalue weighted by Gasteiger charge is 2.27. The van der Waals surface area contributed by atoms with Crippen molar-refractivity contribution in [3.63, 3.8) is 0 Å². The molecule has 24 heavy (non-hydrogen) atoms. The van der Waals surface area contributed by atoms with E-state index in [1.807, 2.05) is 13.0 Å². The molecule has 0 amide bonds. The average molecular weight is 331 g/mol. The van der Waals surface area contributed by atoms with Gasteiger partial charge in [0.15, 0.2) is 11.5 Å². The summed E-state index contributed by atoms with van der Waals surface area (Å²) in [5.41, 5.74) is 0.803. The van der Waals surface area contributed by atoms with Crippen LogP contribution in [-0.2, 0) is 4.79 Å². The van der Waals surface area contributed by atoms with Crippen molar-refractivity contribution in [3.8, 4) is 11.5 Å². The van der Waals surface area contributed by atoms with Crippen LogP contribution in [0.15, 0.2) is 30.0 Å². The number of ether oxygens (including phenoxy) is 2. The third-order valence-corrected chi connectivity index (χ3v) is 3.55. The van der Waals surface area contributed by atoms with Gasteiger partial charge in [-0.05, 0) is 40.6 Å². The van der Waals surface area contributed by atoms with Crippen molar-refractivity contribution in [1.82, 2.24) is 20.2 Å². The van der Waals surface area contributed by atoms with Gasteiger partial charge in [-0.2, -0.15) is 4.68 Å². The first-order valence-electron chi connectivity index (χ1n) is 7.44. The lowest BCUT2D eigenvalue weighted by Crippen LogP contribution is -2.24. The molecule has 1 unspecified atom stereocenters. The van der Waals surface area contributed by atoms with Crippen molar-refractivity contribution < 1.29 is 19.4 Å². The minimum Gasteiger partial charge on any atom is -0.493 e. The van der Waals surface area contributed by atoms with E-state index in [1.165, 1.54) is 4.68 Å². The molecule has 1 atom stereocenters. The molecule has 0 fully saturated rings. The molecule has 0 radical (unpaired) electrons. The topological polar surface area (TPSA) is 111 Å². The molecular weight excluding hydrogens is 314 g/mol. The van der Waals surface area contributed by atoms with E-state index in [-0.39, 0.29) is 11.6 Å². The van der Waals surface area contributed by atoms with Gasteiger partial charge in [0.2, 0.25) is 5.95 Å². The number of rotatable bonds is 6. The number of carboxylic acids is 1. The lowest BCUT2D eigenvalue weighted by atomic mass is 10.0. The Labute approximate surface area is 137 Å².